The standard InChI is InChI=1S/C15H18BrNO2/c16-8-14-3-1-2-6-17(14)15(18)11-4-5-12-9-19-10-13(12)7-11/h4-5,7,14H,1-3,6,8-10H2. The molecular formula is C15H18BrNO2. The lowest BCUT2D eigenvalue weighted by Gasteiger charge is -2.34. The molecule has 0 saturated carbocycles. The first-order chi connectivity index (χ1) is 9.29. The number of amides is 1. The quantitative estimate of drug-likeness (QED) is 0.783. The Hall–Kier alpha value is -0.870. The Kier molecular flexibility index (Phi) is 3.89. The van der Waals surface area contributed by atoms with Gasteiger partial charge in [0.25, 0.3) is 5.91 Å². The lowest BCUT2D eigenvalue weighted by molar-refractivity contribution is 0.0641. The molecular weight excluding hydrogens is 306 g/mol. The maximum absolute atomic E-state index is 12.6. The van der Waals surface area contributed by atoms with Crippen molar-refractivity contribution in [3.63, 3.8) is 0 Å². The van der Waals surface area contributed by atoms with Gasteiger partial charge in [0.1, 0.15) is 0 Å². The second-order valence-electron chi connectivity index (χ2n) is 5.28. The number of hydrogen-bond acceptors (Lipinski definition) is 2. The van der Waals surface area contributed by atoms with Gasteiger partial charge in [-0.2, -0.15) is 0 Å². The molecule has 2 aliphatic rings. The van der Waals surface area contributed by atoms with E-state index in [1.165, 1.54) is 17.5 Å². The predicted molar refractivity (Wildman–Crippen MR) is 77.4 cm³/mol. The van der Waals surface area contributed by atoms with Gasteiger partial charge in [0.15, 0.2) is 0 Å². The topological polar surface area (TPSA) is 29.5 Å². The average molecular weight is 324 g/mol. The average Bonchev–Trinajstić information content (AvgIpc) is 2.93. The normalized spacial score (nSPS) is 22.4. The van der Waals surface area contributed by atoms with E-state index in [1.54, 1.807) is 0 Å². The summed E-state index contributed by atoms with van der Waals surface area (Å²) in [7, 11) is 0. The zero-order chi connectivity index (χ0) is 13.2. The van der Waals surface area contributed by atoms with Crippen molar-refractivity contribution in [2.45, 2.75) is 38.5 Å². The van der Waals surface area contributed by atoms with Gasteiger partial charge in [0.2, 0.25) is 0 Å². The van der Waals surface area contributed by atoms with Crippen LogP contribution in [-0.4, -0.2) is 28.7 Å². The molecule has 19 heavy (non-hydrogen) atoms. The molecule has 0 aliphatic carbocycles. The van der Waals surface area contributed by atoms with Gasteiger partial charge in [0, 0.05) is 23.5 Å². The highest BCUT2D eigenvalue weighted by atomic mass is 79.9. The van der Waals surface area contributed by atoms with Crippen molar-refractivity contribution in [1.82, 2.24) is 4.90 Å². The molecule has 1 fully saturated rings. The van der Waals surface area contributed by atoms with Gasteiger partial charge < -0.3 is 9.64 Å². The highest BCUT2D eigenvalue weighted by Gasteiger charge is 2.27. The molecule has 1 saturated heterocycles. The minimum atomic E-state index is 0.166. The highest BCUT2D eigenvalue weighted by Crippen LogP contribution is 2.24. The lowest BCUT2D eigenvalue weighted by atomic mass is 10.0. The number of fused-ring (bicyclic) bond motifs is 1. The fraction of sp³-hybridized carbons (Fsp3) is 0.533. The number of ether oxygens (including phenoxy) is 1. The van der Waals surface area contributed by atoms with Crippen molar-refractivity contribution < 1.29 is 9.53 Å². The fourth-order valence-electron chi connectivity index (χ4n) is 2.90. The summed E-state index contributed by atoms with van der Waals surface area (Å²) in [6.07, 6.45) is 3.44. The van der Waals surface area contributed by atoms with Crippen LogP contribution < -0.4 is 0 Å². The minimum absolute atomic E-state index is 0.166. The van der Waals surface area contributed by atoms with E-state index in [0.29, 0.717) is 19.3 Å². The Morgan fingerprint density at radius 2 is 2.16 bits per heavy atom. The van der Waals surface area contributed by atoms with Gasteiger partial charge in [-0.25, -0.2) is 0 Å². The van der Waals surface area contributed by atoms with Crippen molar-refractivity contribution in [1.29, 1.82) is 0 Å². The van der Waals surface area contributed by atoms with Crippen molar-refractivity contribution in [2.24, 2.45) is 0 Å². The monoisotopic (exact) mass is 323 g/mol. The Bertz CT molecular complexity index is 489. The fourth-order valence-corrected chi connectivity index (χ4v) is 3.57. The number of hydrogen-bond donors (Lipinski definition) is 0. The van der Waals surface area contributed by atoms with E-state index in [4.69, 9.17) is 4.74 Å². The minimum Gasteiger partial charge on any atom is -0.372 e. The van der Waals surface area contributed by atoms with E-state index in [1.807, 2.05) is 23.1 Å². The Balaban J connectivity index is 1.82. The first-order valence-electron chi connectivity index (χ1n) is 6.86. The third-order valence-electron chi connectivity index (χ3n) is 4.03. The lowest BCUT2D eigenvalue weighted by Crippen LogP contribution is -2.44. The number of halogens is 1. The third-order valence-corrected chi connectivity index (χ3v) is 4.78. The summed E-state index contributed by atoms with van der Waals surface area (Å²) in [6.45, 7) is 2.19. The molecule has 4 heteroatoms. The first kappa shape index (κ1) is 13.1. The summed E-state index contributed by atoms with van der Waals surface area (Å²) in [6, 6.07) is 6.31. The van der Waals surface area contributed by atoms with Crippen LogP contribution in [0.1, 0.15) is 40.7 Å². The number of likely N-dealkylation sites (tertiary alicyclic amines) is 1. The molecule has 1 amide bonds. The highest BCUT2D eigenvalue weighted by molar-refractivity contribution is 9.09. The van der Waals surface area contributed by atoms with Gasteiger partial charge in [-0.15, -0.1) is 0 Å². The summed E-state index contributed by atoms with van der Waals surface area (Å²) >= 11 is 3.53. The largest absolute Gasteiger partial charge is 0.372 e. The molecule has 2 aliphatic heterocycles. The Morgan fingerprint density at radius 3 is 3.00 bits per heavy atom. The van der Waals surface area contributed by atoms with Gasteiger partial charge in [-0.3, -0.25) is 4.79 Å². The molecule has 2 heterocycles. The Morgan fingerprint density at radius 1 is 1.32 bits per heavy atom. The molecule has 0 radical (unpaired) electrons. The number of carbonyl (C=O) groups excluding carboxylic acids is 1. The number of nitrogens with zero attached hydrogens (tertiary/aromatic N) is 1. The number of rotatable bonds is 2. The van der Waals surface area contributed by atoms with Crippen LogP contribution in [0, 0.1) is 0 Å². The molecule has 1 atom stereocenters. The Labute approximate surface area is 122 Å². The van der Waals surface area contributed by atoms with E-state index in [9.17, 15) is 4.79 Å². The van der Waals surface area contributed by atoms with Gasteiger partial charge in [0.05, 0.1) is 13.2 Å². The zero-order valence-electron chi connectivity index (χ0n) is 10.9. The van der Waals surface area contributed by atoms with Crippen LogP contribution in [0.4, 0.5) is 0 Å². The molecule has 1 unspecified atom stereocenters. The number of benzene rings is 1. The van der Waals surface area contributed by atoms with Crippen LogP contribution in [-0.2, 0) is 18.0 Å². The van der Waals surface area contributed by atoms with Crippen LogP contribution in [0.3, 0.4) is 0 Å². The van der Waals surface area contributed by atoms with E-state index < -0.39 is 0 Å². The molecule has 0 N–H and O–H groups in total. The molecule has 102 valence electrons. The van der Waals surface area contributed by atoms with Crippen LogP contribution in [0.5, 0.6) is 0 Å². The smallest absolute Gasteiger partial charge is 0.254 e. The third kappa shape index (κ3) is 2.56. The van der Waals surface area contributed by atoms with E-state index in [-0.39, 0.29) is 5.91 Å². The zero-order valence-corrected chi connectivity index (χ0v) is 12.5. The molecule has 3 rings (SSSR count). The summed E-state index contributed by atoms with van der Waals surface area (Å²) < 4.78 is 5.41. The second-order valence-corrected chi connectivity index (χ2v) is 5.93. The molecule has 1 aromatic rings. The van der Waals surface area contributed by atoms with Gasteiger partial charge in [-0.1, -0.05) is 22.0 Å². The molecule has 3 nitrogen and oxygen atoms in total. The maximum atomic E-state index is 12.6. The SMILES string of the molecule is O=C(c1ccc2c(c1)COC2)N1CCCCC1CBr. The maximum Gasteiger partial charge on any atom is 0.254 e. The molecule has 0 aromatic heterocycles. The van der Waals surface area contributed by atoms with Crippen molar-refractivity contribution in [3.05, 3.63) is 34.9 Å². The molecule has 0 spiro atoms. The van der Waals surface area contributed by atoms with Crippen molar-refractivity contribution in [2.75, 3.05) is 11.9 Å². The summed E-state index contributed by atoms with van der Waals surface area (Å²) in [4.78, 5) is 14.7. The molecule has 1 aromatic carbocycles. The second kappa shape index (κ2) is 5.63. The van der Waals surface area contributed by atoms with Crippen molar-refractivity contribution in [3.8, 4) is 0 Å². The molecule has 0 bridgehead atoms. The number of carbonyl (C=O) groups is 1. The van der Waals surface area contributed by atoms with Crippen LogP contribution in [0.15, 0.2) is 18.2 Å². The summed E-state index contributed by atoms with van der Waals surface area (Å²) in [5, 5.41) is 0.868. The van der Waals surface area contributed by atoms with Gasteiger partial charge in [-0.05, 0) is 42.5 Å². The first-order valence-corrected chi connectivity index (χ1v) is 7.98. The number of alkyl halides is 1. The number of piperidine rings is 1. The van der Waals surface area contributed by atoms with E-state index in [0.717, 1.165) is 30.3 Å². The van der Waals surface area contributed by atoms with E-state index in [2.05, 4.69) is 15.9 Å². The van der Waals surface area contributed by atoms with Crippen LogP contribution in [0.2, 0.25) is 0 Å². The van der Waals surface area contributed by atoms with Crippen molar-refractivity contribution >= 4 is 21.8 Å². The van der Waals surface area contributed by atoms with Gasteiger partial charge >= 0.3 is 0 Å². The van der Waals surface area contributed by atoms with E-state index >= 15 is 0 Å². The summed E-state index contributed by atoms with van der Waals surface area (Å²) in [5.41, 5.74) is 3.18. The summed E-state index contributed by atoms with van der Waals surface area (Å²) in [5.74, 6) is 0.166. The van der Waals surface area contributed by atoms with Crippen LogP contribution in [0.25, 0.3) is 0 Å². The predicted octanol–water partition coefficient (Wildman–Crippen LogP) is 3.11. The van der Waals surface area contributed by atoms with Crippen LogP contribution >= 0.6 is 15.9 Å².